The van der Waals surface area contributed by atoms with E-state index in [1.165, 1.54) is 0 Å². The summed E-state index contributed by atoms with van der Waals surface area (Å²) in [6.45, 7) is -0.0959. The summed E-state index contributed by atoms with van der Waals surface area (Å²) in [7, 11) is 0. The highest BCUT2D eigenvalue weighted by atomic mass is 79.9. The highest BCUT2D eigenvalue weighted by Gasteiger charge is 2.08. The average Bonchev–Trinajstić information content (AvgIpc) is 2.03. The first-order valence-corrected chi connectivity index (χ1v) is 4.63. The third-order valence-electron chi connectivity index (χ3n) is 1.56. The van der Waals surface area contributed by atoms with Crippen LogP contribution < -0.4 is 5.73 Å². The van der Waals surface area contributed by atoms with Gasteiger partial charge in [0.2, 0.25) is 0 Å². The van der Waals surface area contributed by atoms with E-state index < -0.39 is 6.04 Å². The predicted octanol–water partition coefficient (Wildman–Crippen LogP) is 2.09. The fraction of sp³-hybridized carbons (Fsp3) is 0.250. The summed E-state index contributed by atoms with van der Waals surface area (Å²) < 4.78 is 0.904. The molecular weight excluding hydrogens is 241 g/mol. The van der Waals surface area contributed by atoms with Crippen LogP contribution in [-0.4, -0.2) is 11.7 Å². The van der Waals surface area contributed by atoms with E-state index in [0.717, 1.165) is 10.0 Å². The van der Waals surface area contributed by atoms with E-state index in [4.69, 9.17) is 22.4 Å². The van der Waals surface area contributed by atoms with Crippen LogP contribution in [-0.2, 0) is 0 Å². The maximum absolute atomic E-state index is 8.79. The van der Waals surface area contributed by atoms with E-state index in [-0.39, 0.29) is 6.61 Å². The maximum atomic E-state index is 8.79. The molecule has 0 saturated heterocycles. The van der Waals surface area contributed by atoms with Gasteiger partial charge in [-0.3, -0.25) is 0 Å². The van der Waals surface area contributed by atoms with Crippen molar-refractivity contribution in [2.24, 2.45) is 5.73 Å². The van der Waals surface area contributed by atoms with Crippen LogP contribution in [0.3, 0.4) is 0 Å². The van der Waals surface area contributed by atoms with Gasteiger partial charge in [-0.25, -0.2) is 0 Å². The van der Waals surface area contributed by atoms with E-state index >= 15 is 0 Å². The molecule has 1 unspecified atom stereocenters. The Balaban J connectivity index is 3.01. The van der Waals surface area contributed by atoms with Gasteiger partial charge in [0.15, 0.2) is 0 Å². The molecule has 1 rings (SSSR count). The van der Waals surface area contributed by atoms with Gasteiger partial charge in [0.1, 0.15) is 0 Å². The minimum atomic E-state index is -0.398. The second-order valence-electron chi connectivity index (χ2n) is 2.45. The van der Waals surface area contributed by atoms with E-state index in [0.29, 0.717) is 5.02 Å². The molecule has 1 aromatic rings. The first-order chi connectivity index (χ1) is 5.65. The highest BCUT2D eigenvalue weighted by molar-refractivity contribution is 9.10. The van der Waals surface area contributed by atoms with Crippen molar-refractivity contribution in [3.8, 4) is 0 Å². The van der Waals surface area contributed by atoms with Crippen molar-refractivity contribution in [1.29, 1.82) is 0 Å². The Kier molecular flexibility index (Phi) is 3.53. The van der Waals surface area contributed by atoms with E-state index in [1.54, 1.807) is 12.1 Å². The third-order valence-corrected chi connectivity index (χ3v) is 2.38. The molecule has 12 heavy (non-hydrogen) atoms. The van der Waals surface area contributed by atoms with E-state index in [1.807, 2.05) is 6.07 Å². The van der Waals surface area contributed by atoms with Crippen molar-refractivity contribution < 1.29 is 5.11 Å². The van der Waals surface area contributed by atoms with Gasteiger partial charge in [-0.05, 0) is 17.7 Å². The van der Waals surface area contributed by atoms with Crippen LogP contribution in [0.5, 0.6) is 0 Å². The van der Waals surface area contributed by atoms with E-state index in [9.17, 15) is 0 Å². The van der Waals surface area contributed by atoms with E-state index in [2.05, 4.69) is 15.9 Å². The predicted molar refractivity (Wildman–Crippen MR) is 53.2 cm³/mol. The van der Waals surface area contributed by atoms with Crippen LogP contribution in [0.15, 0.2) is 22.7 Å². The second-order valence-corrected chi connectivity index (χ2v) is 3.78. The molecule has 0 amide bonds. The molecular formula is C8H9BrClNO. The first kappa shape index (κ1) is 9.99. The van der Waals surface area contributed by atoms with Crippen LogP contribution in [0, 0.1) is 0 Å². The third kappa shape index (κ3) is 2.20. The quantitative estimate of drug-likeness (QED) is 0.844. The van der Waals surface area contributed by atoms with Crippen LogP contribution in [0.4, 0.5) is 0 Å². The molecule has 0 spiro atoms. The lowest BCUT2D eigenvalue weighted by atomic mass is 10.1. The molecule has 0 aliphatic heterocycles. The number of hydrogen-bond donors (Lipinski definition) is 2. The smallest absolute Gasteiger partial charge is 0.0624 e. The molecule has 2 nitrogen and oxygen atoms in total. The first-order valence-electron chi connectivity index (χ1n) is 3.46. The summed E-state index contributed by atoms with van der Waals surface area (Å²) in [5, 5.41) is 9.36. The fourth-order valence-electron chi connectivity index (χ4n) is 0.901. The molecule has 3 N–H and O–H groups in total. The molecule has 0 aliphatic carbocycles. The zero-order valence-corrected chi connectivity index (χ0v) is 8.64. The van der Waals surface area contributed by atoms with Crippen molar-refractivity contribution >= 4 is 27.5 Å². The molecule has 0 fully saturated rings. The number of aliphatic hydroxyl groups excluding tert-OH is 1. The van der Waals surface area contributed by atoms with Crippen molar-refractivity contribution in [3.05, 3.63) is 33.3 Å². The summed E-state index contributed by atoms with van der Waals surface area (Å²) >= 11 is 9.16. The zero-order valence-electron chi connectivity index (χ0n) is 6.30. The summed E-state index contributed by atoms with van der Waals surface area (Å²) in [5.41, 5.74) is 6.36. The topological polar surface area (TPSA) is 46.2 Å². The Hall–Kier alpha value is -0.0900. The molecule has 0 radical (unpaired) electrons. The van der Waals surface area contributed by atoms with Crippen LogP contribution in [0.2, 0.25) is 5.02 Å². The molecule has 0 aliphatic rings. The van der Waals surface area contributed by atoms with Crippen LogP contribution in [0.1, 0.15) is 11.6 Å². The SMILES string of the molecule is NC(CO)c1ccc(Br)cc1Cl. The van der Waals surface area contributed by atoms with Gasteiger partial charge in [0.05, 0.1) is 12.6 Å². The summed E-state index contributed by atoms with van der Waals surface area (Å²) in [5.74, 6) is 0. The fourth-order valence-corrected chi connectivity index (χ4v) is 1.71. The Bertz CT molecular complexity index is 280. The normalized spacial score (nSPS) is 13.0. The maximum Gasteiger partial charge on any atom is 0.0624 e. The Morgan fingerprint density at radius 3 is 2.75 bits per heavy atom. The monoisotopic (exact) mass is 249 g/mol. The largest absolute Gasteiger partial charge is 0.394 e. The summed E-state index contributed by atoms with van der Waals surface area (Å²) in [6, 6.07) is 5.00. The zero-order chi connectivity index (χ0) is 9.14. The minimum Gasteiger partial charge on any atom is -0.394 e. The molecule has 0 bridgehead atoms. The molecule has 1 aromatic carbocycles. The standard InChI is InChI=1S/C8H9BrClNO/c9-5-1-2-6(7(10)3-5)8(11)4-12/h1-3,8,12H,4,11H2. The molecule has 1 atom stereocenters. The van der Waals surface area contributed by atoms with Gasteiger partial charge in [-0.15, -0.1) is 0 Å². The lowest BCUT2D eigenvalue weighted by Gasteiger charge is -2.10. The lowest BCUT2D eigenvalue weighted by molar-refractivity contribution is 0.268. The lowest BCUT2D eigenvalue weighted by Crippen LogP contribution is -2.14. The minimum absolute atomic E-state index is 0.0959. The number of benzene rings is 1. The molecule has 0 saturated carbocycles. The second kappa shape index (κ2) is 4.23. The molecule has 66 valence electrons. The van der Waals surface area contributed by atoms with Gasteiger partial charge in [0, 0.05) is 9.50 Å². The Labute approximate surface area is 84.5 Å². The van der Waals surface area contributed by atoms with Gasteiger partial charge in [0.25, 0.3) is 0 Å². The van der Waals surface area contributed by atoms with Gasteiger partial charge in [-0.2, -0.15) is 0 Å². The Morgan fingerprint density at radius 2 is 2.25 bits per heavy atom. The average molecular weight is 251 g/mol. The number of halogens is 2. The highest BCUT2D eigenvalue weighted by Crippen LogP contribution is 2.24. The molecule has 4 heteroatoms. The van der Waals surface area contributed by atoms with Gasteiger partial charge >= 0.3 is 0 Å². The van der Waals surface area contributed by atoms with Crippen molar-refractivity contribution in [2.75, 3.05) is 6.61 Å². The van der Waals surface area contributed by atoms with Crippen molar-refractivity contribution in [3.63, 3.8) is 0 Å². The van der Waals surface area contributed by atoms with Gasteiger partial charge in [-0.1, -0.05) is 33.6 Å². The number of hydrogen-bond acceptors (Lipinski definition) is 2. The summed E-state index contributed by atoms with van der Waals surface area (Å²) in [6.07, 6.45) is 0. The molecule has 0 aromatic heterocycles. The number of aliphatic hydroxyl groups is 1. The van der Waals surface area contributed by atoms with Gasteiger partial charge < -0.3 is 10.8 Å². The summed E-state index contributed by atoms with van der Waals surface area (Å²) in [4.78, 5) is 0. The Morgan fingerprint density at radius 1 is 1.58 bits per heavy atom. The number of rotatable bonds is 2. The molecule has 0 heterocycles. The van der Waals surface area contributed by atoms with Crippen LogP contribution >= 0.6 is 27.5 Å². The number of nitrogens with two attached hydrogens (primary N) is 1. The van der Waals surface area contributed by atoms with Crippen molar-refractivity contribution in [1.82, 2.24) is 0 Å². The van der Waals surface area contributed by atoms with Crippen molar-refractivity contribution in [2.45, 2.75) is 6.04 Å². The van der Waals surface area contributed by atoms with Crippen LogP contribution in [0.25, 0.3) is 0 Å².